The normalized spacial score (nSPS) is 13.0. The summed E-state index contributed by atoms with van der Waals surface area (Å²) in [6.07, 6.45) is 1.17. The van der Waals surface area contributed by atoms with Crippen LogP contribution in [0.2, 0.25) is 0 Å². The number of amides is 1. The average molecular weight is 312 g/mol. The quantitative estimate of drug-likeness (QED) is 0.876. The van der Waals surface area contributed by atoms with E-state index in [0.717, 1.165) is 0 Å². The second kappa shape index (κ2) is 6.93. The van der Waals surface area contributed by atoms with E-state index in [1.807, 2.05) is 20.8 Å². The molecular weight excluding hydrogens is 288 g/mol. The Bertz CT molecular complexity index is 579. The van der Waals surface area contributed by atoms with E-state index < -0.39 is 10.0 Å². The first-order valence-electron chi connectivity index (χ1n) is 7.05. The van der Waals surface area contributed by atoms with Gasteiger partial charge in [-0.3, -0.25) is 9.10 Å². The highest BCUT2D eigenvalue weighted by molar-refractivity contribution is 7.92. The van der Waals surface area contributed by atoms with Gasteiger partial charge in [0.15, 0.2) is 0 Å². The van der Waals surface area contributed by atoms with Crippen LogP contribution >= 0.6 is 0 Å². The standard InChI is InChI=1S/C15H24N2O3S/c1-6-17(21(5,19)20)14-9-7-13(8-10-14)15(18)16-12(4)11(2)3/h7-12H,6H2,1-5H3,(H,16,18)/t12-/m1/s1. The Morgan fingerprint density at radius 1 is 1.19 bits per heavy atom. The molecule has 0 aliphatic rings. The van der Waals surface area contributed by atoms with Gasteiger partial charge < -0.3 is 5.32 Å². The van der Waals surface area contributed by atoms with Crippen molar-refractivity contribution >= 4 is 21.6 Å². The predicted octanol–water partition coefficient (Wildman–Crippen LogP) is 2.25. The first kappa shape index (κ1) is 17.5. The smallest absolute Gasteiger partial charge is 0.251 e. The zero-order valence-corrected chi connectivity index (χ0v) is 14.1. The van der Waals surface area contributed by atoms with Gasteiger partial charge in [-0.1, -0.05) is 13.8 Å². The summed E-state index contributed by atoms with van der Waals surface area (Å²) in [5, 5.41) is 2.92. The fourth-order valence-electron chi connectivity index (χ4n) is 1.84. The zero-order chi connectivity index (χ0) is 16.2. The molecule has 0 spiro atoms. The second-order valence-electron chi connectivity index (χ2n) is 5.48. The van der Waals surface area contributed by atoms with Gasteiger partial charge >= 0.3 is 0 Å². The Morgan fingerprint density at radius 3 is 2.10 bits per heavy atom. The van der Waals surface area contributed by atoms with E-state index in [4.69, 9.17) is 0 Å². The van der Waals surface area contributed by atoms with E-state index in [2.05, 4.69) is 5.32 Å². The fourth-order valence-corrected chi connectivity index (χ4v) is 2.82. The zero-order valence-electron chi connectivity index (χ0n) is 13.3. The van der Waals surface area contributed by atoms with Crippen LogP contribution in [-0.2, 0) is 10.0 Å². The van der Waals surface area contributed by atoms with Crippen LogP contribution in [0.1, 0.15) is 38.1 Å². The number of nitrogens with one attached hydrogen (secondary N) is 1. The summed E-state index contributed by atoms with van der Waals surface area (Å²) in [7, 11) is -3.30. The molecule has 1 atom stereocenters. The largest absolute Gasteiger partial charge is 0.349 e. The SMILES string of the molecule is CCN(c1ccc(C(=O)N[C@H](C)C(C)C)cc1)S(C)(=O)=O. The van der Waals surface area contributed by atoms with Crippen LogP contribution in [0, 0.1) is 5.92 Å². The van der Waals surface area contributed by atoms with E-state index in [0.29, 0.717) is 23.7 Å². The van der Waals surface area contributed by atoms with Gasteiger partial charge in [-0.25, -0.2) is 8.42 Å². The molecule has 0 aromatic heterocycles. The number of rotatable bonds is 6. The third-order valence-corrected chi connectivity index (χ3v) is 4.73. The number of anilines is 1. The van der Waals surface area contributed by atoms with Crippen molar-refractivity contribution < 1.29 is 13.2 Å². The Morgan fingerprint density at radius 2 is 1.71 bits per heavy atom. The van der Waals surface area contributed by atoms with Crippen molar-refractivity contribution in [3.8, 4) is 0 Å². The predicted molar refractivity (Wildman–Crippen MR) is 86.1 cm³/mol. The van der Waals surface area contributed by atoms with E-state index in [-0.39, 0.29) is 11.9 Å². The van der Waals surface area contributed by atoms with Gasteiger partial charge in [-0.05, 0) is 44.0 Å². The minimum absolute atomic E-state index is 0.0836. The molecule has 0 fully saturated rings. The molecule has 21 heavy (non-hydrogen) atoms. The first-order valence-corrected chi connectivity index (χ1v) is 8.90. The van der Waals surface area contributed by atoms with Gasteiger partial charge in [0.25, 0.3) is 5.91 Å². The lowest BCUT2D eigenvalue weighted by Crippen LogP contribution is -2.36. The van der Waals surface area contributed by atoms with E-state index in [1.54, 1.807) is 31.2 Å². The molecule has 118 valence electrons. The Labute approximate surface area is 127 Å². The van der Waals surface area contributed by atoms with Crippen molar-refractivity contribution in [2.45, 2.75) is 33.7 Å². The number of sulfonamides is 1. The summed E-state index contributed by atoms with van der Waals surface area (Å²) in [6.45, 7) is 8.17. The molecule has 1 N–H and O–H groups in total. The van der Waals surface area contributed by atoms with Gasteiger partial charge in [0.1, 0.15) is 0 Å². The highest BCUT2D eigenvalue weighted by Crippen LogP contribution is 2.18. The summed E-state index contributed by atoms with van der Waals surface area (Å²) in [6, 6.07) is 6.68. The lowest BCUT2D eigenvalue weighted by molar-refractivity contribution is 0.0930. The molecule has 0 aliphatic heterocycles. The summed E-state index contributed by atoms with van der Waals surface area (Å²) in [5.74, 6) is 0.208. The molecule has 0 bridgehead atoms. The summed E-state index contributed by atoms with van der Waals surface area (Å²) in [4.78, 5) is 12.1. The van der Waals surface area contributed by atoms with Crippen LogP contribution in [0.25, 0.3) is 0 Å². The lowest BCUT2D eigenvalue weighted by atomic mass is 10.1. The fraction of sp³-hybridized carbons (Fsp3) is 0.533. The Hall–Kier alpha value is -1.56. The highest BCUT2D eigenvalue weighted by Gasteiger charge is 2.16. The van der Waals surface area contributed by atoms with Crippen LogP contribution < -0.4 is 9.62 Å². The van der Waals surface area contributed by atoms with Gasteiger partial charge in [0.2, 0.25) is 10.0 Å². The molecule has 0 saturated carbocycles. The minimum Gasteiger partial charge on any atom is -0.349 e. The minimum atomic E-state index is -3.30. The van der Waals surface area contributed by atoms with Crippen LogP contribution in [0.5, 0.6) is 0 Å². The van der Waals surface area contributed by atoms with Gasteiger partial charge in [0.05, 0.1) is 11.9 Å². The van der Waals surface area contributed by atoms with Crippen molar-refractivity contribution in [3.63, 3.8) is 0 Å². The lowest BCUT2D eigenvalue weighted by Gasteiger charge is -2.21. The molecule has 1 rings (SSSR count). The van der Waals surface area contributed by atoms with Crippen molar-refractivity contribution in [1.82, 2.24) is 5.32 Å². The monoisotopic (exact) mass is 312 g/mol. The summed E-state index contributed by atoms with van der Waals surface area (Å²) < 4.78 is 24.6. The molecule has 1 aromatic rings. The van der Waals surface area contributed by atoms with Crippen molar-refractivity contribution in [2.75, 3.05) is 17.1 Å². The van der Waals surface area contributed by atoms with E-state index in [1.165, 1.54) is 10.6 Å². The molecule has 0 heterocycles. The van der Waals surface area contributed by atoms with Gasteiger partial charge in [-0.2, -0.15) is 0 Å². The molecule has 5 nitrogen and oxygen atoms in total. The number of hydrogen-bond acceptors (Lipinski definition) is 3. The van der Waals surface area contributed by atoms with E-state index >= 15 is 0 Å². The van der Waals surface area contributed by atoms with Crippen LogP contribution in [0.3, 0.4) is 0 Å². The Kier molecular flexibility index (Phi) is 5.78. The third kappa shape index (κ3) is 4.74. The summed E-state index contributed by atoms with van der Waals surface area (Å²) in [5.41, 5.74) is 1.09. The average Bonchev–Trinajstić information content (AvgIpc) is 2.38. The maximum absolute atomic E-state index is 12.1. The van der Waals surface area contributed by atoms with Crippen LogP contribution in [-0.4, -0.2) is 33.2 Å². The maximum Gasteiger partial charge on any atom is 0.251 e. The van der Waals surface area contributed by atoms with Crippen LogP contribution in [0.4, 0.5) is 5.69 Å². The molecule has 0 radical (unpaired) electrons. The number of hydrogen-bond donors (Lipinski definition) is 1. The second-order valence-corrected chi connectivity index (χ2v) is 7.39. The van der Waals surface area contributed by atoms with Crippen molar-refractivity contribution in [3.05, 3.63) is 29.8 Å². The topological polar surface area (TPSA) is 66.5 Å². The van der Waals surface area contributed by atoms with Crippen LogP contribution in [0.15, 0.2) is 24.3 Å². The molecule has 0 aliphatic carbocycles. The molecule has 1 amide bonds. The first-order chi connectivity index (χ1) is 9.66. The number of carbonyl (C=O) groups excluding carboxylic acids is 1. The highest BCUT2D eigenvalue weighted by atomic mass is 32.2. The molecule has 6 heteroatoms. The summed E-state index contributed by atoms with van der Waals surface area (Å²) >= 11 is 0. The van der Waals surface area contributed by atoms with Crippen molar-refractivity contribution in [2.24, 2.45) is 5.92 Å². The maximum atomic E-state index is 12.1. The number of nitrogens with zero attached hydrogens (tertiary/aromatic N) is 1. The van der Waals surface area contributed by atoms with E-state index in [9.17, 15) is 13.2 Å². The van der Waals surface area contributed by atoms with Gasteiger partial charge in [0, 0.05) is 18.2 Å². The molecular formula is C15H24N2O3S. The molecule has 0 unspecified atom stereocenters. The number of benzene rings is 1. The third-order valence-electron chi connectivity index (χ3n) is 3.46. The molecule has 1 aromatic carbocycles. The molecule has 0 saturated heterocycles. The number of carbonyl (C=O) groups is 1. The van der Waals surface area contributed by atoms with Gasteiger partial charge in [-0.15, -0.1) is 0 Å². The van der Waals surface area contributed by atoms with Crippen molar-refractivity contribution in [1.29, 1.82) is 0 Å². The Balaban J connectivity index is 2.90.